The van der Waals surface area contributed by atoms with Crippen molar-refractivity contribution in [2.24, 2.45) is 0 Å². The van der Waals surface area contributed by atoms with E-state index in [4.69, 9.17) is 11.6 Å². The number of benzene rings is 1. The predicted molar refractivity (Wildman–Crippen MR) is 73.6 cm³/mol. The van der Waals surface area contributed by atoms with Crippen LogP contribution in [0, 0.1) is 0 Å². The monoisotopic (exact) mass is 314 g/mol. The largest absolute Gasteiger partial charge is 0.299 e. The molecule has 2 aromatic rings. The normalized spacial score (nSPS) is 11.0. The van der Waals surface area contributed by atoms with Gasteiger partial charge in [0.15, 0.2) is 0 Å². The zero-order valence-corrected chi connectivity index (χ0v) is 11.8. The maximum absolute atomic E-state index is 12.1. The number of hydrogen-bond acceptors (Lipinski definition) is 2. The van der Waals surface area contributed by atoms with Crippen molar-refractivity contribution in [3.05, 3.63) is 38.3 Å². The third-order valence-electron chi connectivity index (χ3n) is 2.62. The topological polar surface area (TPSA) is 34.9 Å². The van der Waals surface area contributed by atoms with Crippen LogP contribution in [0.3, 0.4) is 0 Å². The number of aryl methyl sites for hydroxylation is 1. The number of fused-ring (bicyclic) bond motifs is 1. The Morgan fingerprint density at radius 1 is 1.47 bits per heavy atom. The lowest BCUT2D eigenvalue weighted by Crippen LogP contribution is -2.20. The SMILES string of the molecule is CCCCn1cnc2cc(Br)c(Cl)cc2c1=O. The van der Waals surface area contributed by atoms with Gasteiger partial charge in [0.1, 0.15) is 0 Å². The first-order valence-electron chi connectivity index (χ1n) is 5.47. The summed E-state index contributed by atoms with van der Waals surface area (Å²) in [5.41, 5.74) is 0.636. The van der Waals surface area contributed by atoms with E-state index in [0.29, 0.717) is 22.5 Å². The van der Waals surface area contributed by atoms with Crippen LogP contribution in [0.15, 0.2) is 27.7 Å². The second-order valence-corrected chi connectivity index (χ2v) is 5.14. The van der Waals surface area contributed by atoms with Crippen LogP contribution in [0.4, 0.5) is 0 Å². The Morgan fingerprint density at radius 2 is 2.24 bits per heavy atom. The highest BCUT2D eigenvalue weighted by Gasteiger charge is 2.07. The quantitative estimate of drug-likeness (QED) is 0.867. The number of nitrogens with zero attached hydrogens (tertiary/aromatic N) is 2. The Bertz CT molecular complexity index is 609. The molecule has 0 aliphatic heterocycles. The minimum absolute atomic E-state index is 0.0298. The van der Waals surface area contributed by atoms with E-state index in [2.05, 4.69) is 27.8 Å². The van der Waals surface area contributed by atoms with E-state index in [1.165, 1.54) is 0 Å². The minimum Gasteiger partial charge on any atom is -0.299 e. The van der Waals surface area contributed by atoms with Crippen molar-refractivity contribution >= 4 is 38.4 Å². The Balaban J connectivity index is 2.59. The van der Waals surface area contributed by atoms with Gasteiger partial charge in [-0.2, -0.15) is 0 Å². The van der Waals surface area contributed by atoms with Gasteiger partial charge in [-0.15, -0.1) is 0 Å². The minimum atomic E-state index is -0.0298. The van der Waals surface area contributed by atoms with Gasteiger partial charge in [0.05, 0.1) is 22.3 Å². The van der Waals surface area contributed by atoms with Crippen LogP contribution in [0.5, 0.6) is 0 Å². The summed E-state index contributed by atoms with van der Waals surface area (Å²) in [6.45, 7) is 2.79. The molecule has 0 radical (unpaired) electrons. The van der Waals surface area contributed by atoms with Crippen LogP contribution in [-0.2, 0) is 6.54 Å². The summed E-state index contributed by atoms with van der Waals surface area (Å²) in [4.78, 5) is 16.4. The summed E-state index contributed by atoms with van der Waals surface area (Å²) < 4.78 is 2.39. The lowest BCUT2D eigenvalue weighted by molar-refractivity contribution is 0.608. The van der Waals surface area contributed by atoms with Gasteiger partial charge < -0.3 is 0 Å². The van der Waals surface area contributed by atoms with E-state index < -0.39 is 0 Å². The molecule has 0 saturated carbocycles. The molecule has 0 spiro atoms. The fraction of sp³-hybridized carbons (Fsp3) is 0.333. The van der Waals surface area contributed by atoms with E-state index in [-0.39, 0.29) is 5.56 Å². The van der Waals surface area contributed by atoms with Crippen molar-refractivity contribution in [2.45, 2.75) is 26.3 Å². The molecule has 0 bridgehead atoms. The molecule has 0 unspecified atom stereocenters. The molecule has 0 fully saturated rings. The van der Waals surface area contributed by atoms with E-state index >= 15 is 0 Å². The van der Waals surface area contributed by atoms with Crippen molar-refractivity contribution in [1.29, 1.82) is 0 Å². The maximum Gasteiger partial charge on any atom is 0.261 e. The van der Waals surface area contributed by atoms with Gasteiger partial charge >= 0.3 is 0 Å². The first kappa shape index (κ1) is 12.6. The van der Waals surface area contributed by atoms with Gasteiger partial charge in [-0.25, -0.2) is 4.98 Å². The maximum atomic E-state index is 12.1. The molecule has 0 saturated heterocycles. The van der Waals surface area contributed by atoms with Crippen LogP contribution < -0.4 is 5.56 Å². The average Bonchev–Trinajstić information content (AvgIpc) is 2.31. The highest BCUT2D eigenvalue weighted by Crippen LogP contribution is 2.25. The first-order chi connectivity index (χ1) is 8.13. The third-order valence-corrected chi connectivity index (χ3v) is 3.82. The molecule has 1 heterocycles. The highest BCUT2D eigenvalue weighted by atomic mass is 79.9. The highest BCUT2D eigenvalue weighted by molar-refractivity contribution is 9.10. The number of hydrogen-bond donors (Lipinski definition) is 0. The van der Waals surface area contributed by atoms with Crippen molar-refractivity contribution < 1.29 is 0 Å². The van der Waals surface area contributed by atoms with Crippen LogP contribution >= 0.6 is 27.5 Å². The van der Waals surface area contributed by atoms with Gasteiger partial charge in [0.25, 0.3) is 5.56 Å². The van der Waals surface area contributed by atoms with Crippen LogP contribution in [0.1, 0.15) is 19.8 Å². The van der Waals surface area contributed by atoms with E-state index in [1.807, 2.05) is 0 Å². The summed E-state index contributed by atoms with van der Waals surface area (Å²) in [7, 11) is 0. The van der Waals surface area contributed by atoms with Crippen molar-refractivity contribution in [2.75, 3.05) is 0 Å². The smallest absolute Gasteiger partial charge is 0.261 e. The van der Waals surface area contributed by atoms with Crippen molar-refractivity contribution in [1.82, 2.24) is 9.55 Å². The molecule has 90 valence electrons. The molecule has 5 heteroatoms. The Kier molecular flexibility index (Phi) is 3.84. The molecule has 17 heavy (non-hydrogen) atoms. The van der Waals surface area contributed by atoms with E-state index in [0.717, 1.165) is 17.3 Å². The summed E-state index contributed by atoms with van der Waals surface area (Å²) in [5.74, 6) is 0. The van der Waals surface area contributed by atoms with Crippen LogP contribution in [0.25, 0.3) is 10.9 Å². The number of halogens is 2. The molecular formula is C12H12BrClN2O. The van der Waals surface area contributed by atoms with Gasteiger partial charge in [-0.05, 0) is 34.5 Å². The zero-order valence-electron chi connectivity index (χ0n) is 9.41. The van der Waals surface area contributed by atoms with E-state index in [9.17, 15) is 4.79 Å². The molecule has 0 N–H and O–H groups in total. The Hall–Kier alpha value is -0.870. The summed E-state index contributed by atoms with van der Waals surface area (Å²) in [6.07, 6.45) is 3.61. The third kappa shape index (κ3) is 2.53. The molecule has 0 aliphatic rings. The number of rotatable bonds is 3. The summed E-state index contributed by atoms with van der Waals surface area (Å²) in [5, 5.41) is 1.10. The number of unbranched alkanes of at least 4 members (excludes halogenated alkanes) is 1. The molecular weight excluding hydrogens is 304 g/mol. The van der Waals surface area contributed by atoms with Crippen LogP contribution in [0.2, 0.25) is 5.02 Å². The average molecular weight is 316 g/mol. The fourth-order valence-electron chi connectivity index (χ4n) is 1.64. The molecule has 0 amide bonds. The van der Waals surface area contributed by atoms with Gasteiger partial charge in [0, 0.05) is 11.0 Å². The second kappa shape index (κ2) is 5.19. The van der Waals surface area contributed by atoms with Crippen LogP contribution in [-0.4, -0.2) is 9.55 Å². The molecule has 0 aliphatic carbocycles. The lowest BCUT2D eigenvalue weighted by Gasteiger charge is -2.06. The standard InChI is InChI=1S/C12H12BrClN2O/c1-2-3-4-16-7-15-11-6-9(13)10(14)5-8(11)12(16)17/h5-7H,2-4H2,1H3. The lowest BCUT2D eigenvalue weighted by atomic mass is 10.2. The van der Waals surface area contributed by atoms with Crippen molar-refractivity contribution in [3.63, 3.8) is 0 Å². The second-order valence-electron chi connectivity index (χ2n) is 3.88. The Morgan fingerprint density at radius 3 is 2.94 bits per heavy atom. The van der Waals surface area contributed by atoms with Gasteiger partial charge in [-0.1, -0.05) is 24.9 Å². The molecule has 0 atom stereocenters. The molecule has 1 aromatic heterocycles. The first-order valence-corrected chi connectivity index (χ1v) is 6.64. The Labute approximate surface area is 113 Å². The fourth-order valence-corrected chi connectivity index (χ4v) is 2.14. The van der Waals surface area contributed by atoms with Crippen molar-refractivity contribution in [3.8, 4) is 0 Å². The van der Waals surface area contributed by atoms with Gasteiger partial charge in [0.2, 0.25) is 0 Å². The molecule has 2 rings (SSSR count). The van der Waals surface area contributed by atoms with E-state index in [1.54, 1.807) is 23.0 Å². The van der Waals surface area contributed by atoms with Gasteiger partial charge in [-0.3, -0.25) is 9.36 Å². The summed E-state index contributed by atoms with van der Waals surface area (Å²) >= 11 is 9.31. The number of aromatic nitrogens is 2. The predicted octanol–water partition coefficient (Wildman–Crippen LogP) is 3.61. The zero-order chi connectivity index (χ0) is 12.4. The summed E-state index contributed by atoms with van der Waals surface area (Å²) in [6, 6.07) is 3.43. The molecule has 1 aromatic carbocycles. The molecule has 3 nitrogen and oxygen atoms in total.